The number of hydrogen-bond acceptors (Lipinski definition) is 8. The summed E-state index contributed by atoms with van der Waals surface area (Å²) in [4.78, 5) is 30.0. The highest BCUT2D eigenvalue weighted by Gasteiger charge is 2.46. The van der Waals surface area contributed by atoms with E-state index in [1.165, 1.54) is 32.1 Å². The van der Waals surface area contributed by atoms with Crippen LogP contribution in [0, 0.1) is 0 Å². The molecule has 28 heavy (non-hydrogen) atoms. The van der Waals surface area contributed by atoms with E-state index in [1.54, 1.807) is 10.9 Å². The van der Waals surface area contributed by atoms with Crippen LogP contribution in [0.5, 0.6) is 0 Å². The van der Waals surface area contributed by atoms with Crippen LogP contribution in [-0.4, -0.2) is 58.1 Å². The van der Waals surface area contributed by atoms with Gasteiger partial charge in [0.15, 0.2) is 5.69 Å². The van der Waals surface area contributed by atoms with Crippen LogP contribution < -0.4 is 5.73 Å². The van der Waals surface area contributed by atoms with Gasteiger partial charge in [-0.05, 0) is 19.0 Å². The van der Waals surface area contributed by atoms with Gasteiger partial charge >= 0.3 is 27.6 Å². The second-order valence-corrected chi connectivity index (χ2v) is 13.4. The van der Waals surface area contributed by atoms with Gasteiger partial charge in [-0.1, -0.05) is 56.6 Å². The summed E-state index contributed by atoms with van der Waals surface area (Å²) in [5.74, 6) is -0.548. The molecule has 0 saturated carbocycles. The summed E-state index contributed by atoms with van der Waals surface area (Å²) in [7, 11) is -7.11. The van der Waals surface area contributed by atoms with Crippen molar-refractivity contribution in [2.75, 3.05) is 0 Å². The summed E-state index contributed by atoms with van der Waals surface area (Å²) in [6, 6.07) is 0.777. The van der Waals surface area contributed by atoms with Gasteiger partial charge in [0, 0.05) is 6.54 Å². The Kier molecular flexibility index (Phi) is 9.93. The van der Waals surface area contributed by atoms with E-state index in [0.717, 1.165) is 38.3 Å². The molecule has 1 fully saturated rings. The molecule has 2 radical (unpaired) electrons. The van der Waals surface area contributed by atoms with Crippen molar-refractivity contribution in [1.29, 1.82) is 0 Å². The Hall–Kier alpha value is -0.939. The van der Waals surface area contributed by atoms with Crippen LogP contribution in [0.2, 0.25) is 12.6 Å². The topological polar surface area (TPSA) is 142 Å². The molecule has 1 aliphatic heterocycles. The molecule has 4 N–H and O–H groups in total. The van der Waals surface area contributed by atoms with Crippen LogP contribution in [0.15, 0.2) is 6.20 Å². The molecule has 1 aromatic rings. The number of nitrogens with two attached hydrogens (primary N) is 1. The van der Waals surface area contributed by atoms with E-state index in [0.29, 0.717) is 0 Å². The van der Waals surface area contributed by atoms with E-state index in [1.807, 2.05) is 6.55 Å². The number of aryl methyl sites for hydroxylation is 1. The summed E-state index contributed by atoms with van der Waals surface area (Å²) in [5.41, 5.74) is 5.36. The molecule has 0 aromatic carbocycles. The minimum atomic E-state index is -2.46. The Balaban J connectivity index is 1.41. The Morgan fingerprint density at radius 2 is 1.61 bits per heavy atom. The summed E-state index contributed by atoms with van der Waals surface area (Å²) >= 11 is 0. The van der Waals surface area contributed by atoms with Crippen molar-refractivity contribution in [3.05, 3.63) is 11.9 Å². The molecule has 0 aliphatic carbocycles. The van der Waals surface area contributed by atoms with Gasteiger partial charge in [0.25, 0.3) is 5.91 Å². The van der Waals surface area contributed by atoms with Crippen molar-refractivity contribution >= 4 is 33.5 Å². The van der Waals surface area contributed by atoms with Crippen LogP contribution in [0.25, 0.3) is 0 Å². The summed E-state index contributed by atoms with van der Waals surface area (Å²) < 4.78 is 17.4. The zero-order valence-electron chi connectivity index (χ0n) is 16.3. The molecular weight excluding hydrogens is 416 g/mol. The molecule has 0 atom stereocenters. The quantitative estimate of drug-likeness (QED) is 0.301. The van der Waals surface area contributed by atoms with Crippen molar-refractivity contribution in [1.82, 2.24) is 15.0 Å². The molecular formula is C15H30N4O6Si3. The highest BCUT2D eigenvalue weighted by atomic mass is 28.5. The molecule has 0 unspecified atom stereocenters. The van der Waals surface area contributed by atoms with Gasteiger partial charge in [-0.3, -0.25) is 9.48 Å². The van der Waals surface area contributed by atoms with Gasteiger partial charge in [0.1, 0.15) is 0 Å². The largest absolute Gasteiger partial charge is 0.557 e. The van der Waals surface area contributed by atoms with Crippen LogP contribution in [-0.2, 0) is 18.9 Å². The highest BCUT2D eigenvalue weighted by Crippen LogP contribution is 2.23. The lowest BCUT2D eigenvalue weighted by molar-refractivity contribution is 0.0995. The fourth-order valence-electron chi connectivity index (χ4n) is 3.09. The lowest BCUT2D eigenvalue weighted by Gasteiger charge is -2.34. The van der Waals surface area contributed by atoms with Gasteiger partial charge < -0.3 is 27.7 Å². The van der Waals surface area contributed by atoms with E-state index in [-0.39, 0.29) is 5.69 Å². The SMILES string of the molecule is C[Si]1(CCCCCCCCCCCn2cc(C(N)=O)nn2)O[Si](O)O[Si](O)O1. The van der Waals surface area contributed by atoms with Crippen LogP contribution in [0.3, 0.4) is 0 Å². The number of primary amides is 1. The number of amides is 1. The number of carbonyl (C=O) groups is 1. The lowest BCUT2D eigenvalue weighted by Crippen LogP contribution is -2.56. The molecule has 158 valence electrons. The first kappa shape index (κ1) is 23.3. The molecule has 1 amide bonds. The minimum Gasteiger partial charge on any atom is -0.392 e. The molecule has 2 heterocycles. The van der Waals surface area contributed by atoms with Crippen molar-refractivity contribution in [3.8, 4) is 0 Å². The Morgan fingerprint density at radius 1 is 1.07 bits per heavy atom. The van der Waals surface area contributed by atoms with Gasteiger partial charge in [-0.2, -0.15) is 0 Å². The van der Waals surface area contributed by atoms with Crippen molar-refractivity contribution < 1.29 is 26.7 Å². The number of carbonyl (C=O) groups excluding carboxylic acids is 1. The molecule has 0 bridgehead atoms. The van der Waals surface area contributed by atoms with Crippen LogP contribution in [0.4, 0.5) is 0 Å². The van der Waals surface area contributed by atoms with E-state index >= 15 is 0 Å². The number of aromatic nitrogens is 3. The Bertz CT molecular complexity index is 598. The molecule has 1 aliphatic rings. The van der Waals surface area contributed by atoms with E-state index in [2.05, 4.69) is 10.3 Å². The Morgan fingerprint density at radius 3 is 2.14 bits per heavy atom. The first-order valence-corrected chi connectivity index (χ1v) is 14.8. The van der Waals surface area contributed by atoms with Crippen LogP contribution in [0.1, 0.15) is 68.3 Å². The molecule has 2 rings (SSSR count). The average Bonchev–Trinajstić information content (AvgIpc) is 3.07. The average molecular weight is 447 g/mol. The number of hydrogen-bond donors (Lipinski definition) is 3. The first-order valence-electron chi connectivity index (χ1n) is 9.76. The first-order chi connectivity index (χ1) is 13.4. The maximum Gasteiger partial charge on any atom is 0.557 e. The molecule has 0 spiro atoms. The molecule has 13 heteroatoms. The zero-order chi connectivity index (χ0) is 20.4. The standard InChI is InChI=1S/C15H30N4O6Si3/c1-28(24-26(21)23-27(22)25-28)12-10-8-6-4-2-3-5-7-9-11-19-13-14(15(16)20)17-18-19/h13,21-22H,2-12H2,1H3,(H2,16,20). The minimum absolute atomic E-state index is 0.210. The van der Waals surface area contributed by atoms with Crippen molar-refractivity contribution in [2.24, 2.45) is 5.73 Å². The van der Waals surface area contributed by atoms with Crippen molar-refractivity contribution in [2.45, 2.75) is 76.9 Å². The van der Waals surface area contributed by atoms with E-state index < -0.39 is 33.5 Å². The van der Waals surface area contributed by atoms with Gasteiger partial charge in [-0.15, -0.1) is 5.10 Å². The summed E-state index contributed by atoms with van der Waals surface area (Å²) in [6.45, 7) is 2.64. The van der Waals surface area contributed by atoms with Gasteiger partial charge in [-0.25, -0.2) is 0 Å². The zero-order valence-corrected chi connectivity index (χ0v) is 19.3. The Labute approximate surface area is 170 Å². The summed E-state index contributed by atoms with van der Waals surface area (Å²) in [6.07, 6.45) is 11.8. The molecule has 10 nitrogen and oxygen atoms in total. The molecule has 1 saturated heterocycles. The van der Waals surface area contributed by atoms with Gasteiger partial charge in [0.05, 0.1) is 6.20 Å². The summed E-state index contributed by atoms with van der Waals surface area (Å²) in [5, 5.41) is 7.60. The predicted molar refractivity (Wildman–Crippen MR) is 106 cm³/mol. The maximum absolute atomic E-state index is 11.0. The number of unbranched alkanes of at least 4 members (excludes halogenated alkanes) is 8. The number of rotatable bonds is 13. The second-order valence-electron chi connectivity index (χ2n) is 7.13. The normalized spacial score (nSPS) is 17.8. The lowest BCUT2D eigenvalue weighted by atomic mass is 10.1. The van der Waals surface area contributed by atoms with E-state index in [9.17, 15) is 14.4 Å². The number of nitrogens with zero attached hydrogens (tertiary/aromatic N) is 3. The highest BCUT2D eigenvalue weighted by molar-refractivity contribution is 6.79. The van der Waals surface area contributed by atoms with Crippen LogP contribution >= 0.6 is 0 Å². The van der Waals surface area contributed by atoms with Gasteiger partial charge in [0.2, 0.25) is 0 Å². The third kappa shape index (κ3) is 8.61. The fourth-order valence-corrected chi connectivity index (χ4v) is 9.97. The van der Waals surface area contributed by atoms with E-state index in [4.69, 9.17) is 18.1 Å². The second kappa shape index (κ2) is 11.9. The molecule has 1 aromatic heterocycles. The third-order valence-corrected chi connectivity index (χ3v) is 12.1. The predicted octanol–water partition coefficient (Wildman–Crippen LogP) is 0.978. The third-order valence-electron chi connectivity index (χ3n) is 4.59. The maximum atomic E-state index is 11.0. The monoisotopic (exact) mass is 446 g/mol. The van der Waals surface area contributed by atoms with Crippen molar-refractivity contribution in [3.63, 3.8) is 0 Å². The smallest absolute Gasteiger partial charge is 0.392 e. The fraction of sp³-hybridized carbons (Fsp3) is 0.800.